The molecule has 1 aliphatic rings. The van der Waals surface area contributed by atoms with Crippen molar-refractivity contribution < 1.29 is 19.1 Å². The largest absolute Gasteiger partial charge is 0.443 e. The summed E-state index contributed by atoms with van der Waals surface area (Å²) in [7, 11) is 0. The van der Waals surface area contributed by atoms with E-state index in [1.165, 1.54) is 6.08 Å². The molecular weight excluding hydrogens is 296 g/mol. The van der Waals surface area contributed by atoms with Gasteiger partial charge in [-0.15, -0.1) is 0 Å². The minimum atomic E-state index is -0.711. The van der Waals surface area contributed by atoms with Crippen LogP contribution in [0.1, 0.15) is 38.7 Å². The molecule has 6 nitrogen and oxygen atoms in total. The highest BCUT2D eigenvalue weighted by Gasteiger charge is 2.39. The molecule has 0 saturated carbocycles. The molecule has 6 heteroatoms. The number of pyridine rings is 1. The first kappa shape index (κ1) is 16.9. The number of carbonyl (C=O) groups is 3. The van der Waals surface area contributed by atoms with E-state index in [-0.39, 0.29) is 12.3 Å². The number of aromatic nitrogens is 1. The van der Waals surface area contributed by atoms with Crippen LogP contribution in [0.5, 0.6) is 0 Å². The highest BCUT2D eigenvalue weighted by Crippen LogP contribution is 2.31. The summed E-state index contributed by atoms with van der Waals surface area (Å²) in [6.07, 6.45) is 6.48. The summed E-state index contributed by atoms with van der Waals surface area (Å²) in [6, 6.07) is 3.02. The molecule has 2 amide bonds. The Morgan fingerprint density at radius 3 is 2.78 bits per heavy atom. The quantitative estimate of drug-likeness (QED) is 0.797. The number of aldehydes is 1. The van der Waals surface area contributed by atoms with Crippen molar-refractivity contribution in [3.05, 3.63) is 42.2 Å². The van der Waals surface area contributed by atoms with Gasteiger partial charge in [0.2, 0.25) is 0 Å². The van der Waals surface area contributed by atoms with E-state index >= 15 is 0 Å². The molecule has 1 aromatic heterocycles. The second-order valence-corrected chi connectivity index (χ2v) is 6.33. The molecule has 1 aromatic rings. The molecule has 0 fully saturated rings. The monoisotopic (exact) mass is 316 g/mol. The fourth-order valence-electron chi connectivity index (χ4n) is 2.50. The van der Waals surface area contributed by atoms with E-state index in [1.807, 2.05) is 6.07 Å². The van der Waals surface area contributed by atoms with E-state index in [0.717, 1.165) is 16.7 Å². The number of imide groups is 1. The predicted molar refractivity (Wildman–Crippen MR) is 83.7 cm³/mol. The summed E-state index contributed by atoms with van der Waals surface area (Å²) in [5.74, 6) is -0.791. The van der Waals surface area contributed by atoms with Crippen LogP contribution in [0.25, 0.3) is 0 Å². The van der Waals surface area contributed by atoms with Crippen LogP contribution in [-0.2, 0) is 14.3 Å². The zero-order valence-electron chi connectivity index (χ0n) is 13.4. The zero-order chi connectivity index (χ0) is 17.0. The topological polar surface area (TPSA) is 76.6 Å². The summed E-state index contributed by atoms with van der Waals surface area (Å²) in [5, 5.41) is 0. The molecule has 0 aliphatic carbocycles. The standard InChI is InChI=1S/C17H20N2O4/c1-17(2,3)23-16(22)19-14(6-7-15(19)21)13(8-10-20)12-5-4-9-18-11-12/h4-7,9-11,13-14H,8H2,1-3H3/t13-,14+/m0/s1. The van der Waals surface area contributed by atoms with Gasteiger partial charge in [0.15, 0.2) is 0 Å². The summed E-state index contributed by atoms with van der Waals surface area (Å²) in [4.78, 5) is 40.6. The van der Waals surface area contributed by atoms with Crippen LogP contribution in [0.2, 0.25) is 0 Å². The first-order chi connectivity index (χ1) is 10.8. The second-order valence-electron chi connectivity index (χ2n) is 6.33. The minimum absolute atomic E-state index is 0.174. The SMILES string of the molecule is CC(C)(C)OC(=O)N1C(=O)C=C[C@@H]1[C@@H](CC=O)c1cccnc1. The number of ether oxygens (including phenoxy) is 1. The molecule has 0 unspecified atom stereocenters. The third kappa shape index (κ3) is 4.03. The summed E-state index contributed by atoms with van der Waals surface area (Å²) < 4.78 is 5.31. The summed E-state index contributed by atoms with van der Waals surface area (Å²) >= 11 is 0. The van der Waals surface area contributed by atoms with Crippen LogP contribution in [-0.4, -0.2) is 39.8 Å². The summed E-state index contributed by atoms with van der Waals surface area (Å²) in [6.45, 7) is 5.20. The van der Waals surface area contributed by atoms with Gasteiger partial charge in [-0.2, -0.15) is 0 Å². The van der Waals surface area contributed by atoms with Crippen molar-refractivity contribution in [2.24, 2.45) is 0 Å². The number of amides is 2. The van der Waals surface area contributed by atoms with E-state index in [0.29, 0.717) is 0 Å². The van der Waals surface area contributed by atoms with E-state index in [2.05, 4.69) is 4.98 Å². The maximum atomic E-state index is 12.4. The average molecular weight is 316 g/mol. The van der Waals surface area contributed by atoms with Gasteiger partial charge in [0.25, 0.3) is 5.91 Å². The lowest BCUT2D eigenvalue weighted by atomic mass is 9.90. The van der Waals surface area contributed by atoms with Gasteiger partial charge in [-0.3, -0.25) is 9.78 Å². The van der Waals surface area contributed by atoms with Crippen molar-refractivity contribution in [3.8, 4) is 0 Å². The Bertz CT molecular complexity index is 619. The highest BCUT2D eigenvalue weighted by molar-refractivity contribution is 6.01. The van der Waals surface area contributed by atoms with E-state index in [9.17, 15) is 14.4 Å². The first-order valence-corrected chi connectivity index (χ1v) is 7.41. The van der Waals surface area contributed by atoms with Crippen LogP contribution in [0.3, 0.4) is 0 Å². The molecule has 0 saturated heterocycles. The Labute approximate surface area is 135 Å². The van der Waals surface area contributed by atoms with Gasteiger partial charge in [-0.25, -0.2) is 9.69 Å². The Hall–Kier alpha value is -2.50. The fourth-order valence-corrected chi connectivity index (χ4v) is 2.50. The third-order valence-corrected chi connectivity index (χ3v) is 3.44. The normalized spacial score (nSPS) is 18.8. The molecule has 0 radical (unpaired) electrons. The molecule has 0 spiro atoms. The lowest BCUT2D eigenvalue weighted by Crippen LogP contribution is -2.45. The molecule has 0 N–H and O–H groups in total. The van der Waals surface area contributed by atoms with Crippen molar-refractivity contribution >= 4 is 18.3 Å². The third-order valence-electron chi connectivity index (χ3n) is 3.44. The molecular formula is C17H20N2O4. The van der Waals surface area contributed by atoms with Gasteiger partial charge in [0.05, 0.1) is 6.04 Å². The van der Waals surface area contributed by atoms with Gasteiger partial charge in [-0.05, 0) is 32.4 Å². The van der Waals surface area contributed by atoms with Crippen molar-refractivity contribution in [2.45, 2.75) is 44.8 Å². The zero-order valence-corrected chi connectivity index (χ0v) is 13.4. The maximum absolute atomic E-state index is 12.4. The molecule has 2 heterocycles. The molecule has 1 aliphatic heterocycles. The van der Waals surface area contributed by atoms with Gasteiger partial charge < -0.3 is 9.53 Å². The van der Waals surface area contributed by atoms with Crippen LogP contribution in [0.4, 0.5) is 4.79 Å². The van der Waals surface area contributed by atoms with Gasteiger partial charge >= 0.3 is 6.09 Å². The number of rotatable bonds is 4. The van der Waals surface area contributed by atoms with Crippen molar-refractivity contribution in [1.29, 1.82) is 0 Å². The Balaban J connectivity index is 2.30. The lowest BCUT2D eigenvalue weighted by molar-refractivity contribution is -0.126. The molecule has 2 rings (SSSR count). The van der Waals surface area contributed by atoms with Crippen LogP contribution in [0.15, 0.2) is 36.7 Å². The highest BCUT2D eigenvalue weighted by atomic mass is 16.6. The smallest absolute Gasteiger partial charge is 0.417 e. The van der Waals surface area contributed by atoms with Gasteiger partial charge in [-0.1, -0.05) is 12.1 Å². The Kier molecular flexibility index (Phi) is 4.93. The number of hydrogen-bond donors (Lipinski definition) is 0. The minimum Gasteiger partial charge on any atom is -0.443 e. The van der Waals surface area contributed by atoms with Crippen molar-refractivity contribution in [3.63, 3.8) is 0 Å². The van der Waals surface area contributed by atoms with E-state index in [1.54, 1.807) is 45.3 Å². The van der Waals surface area contributed by atoms with E-state index in [4.69, 9.17) is 4.74 Å². The van der Waals surface area contributed by atoms with Crippen LogP contribution in [0, 0.1) is 0 Å². The van der Waals surface area contributed by atoms with Gasteiger partial charge in [0.1, 0.15) is 11.9 Å². The Morgan fingerprint density at radius 2 is 2.22 bits per heavy atom. The second kappa shape index (κ2) is 6.73. The number of carbonyl (C=O) groups excluding carboxylic acids is 3. The van der Waals surface area contributed by atoms with Crippen molar-refractivity contribution in [2.75, 3.05) is 0 Å². The fraction of sp³-hybridized carbons (Fsp3) is 0.412. The summed E-state index contributed by atoms with van der Waals surface area (Å²) in [5.41, 5.74) is 0.0800. The Morgan fingerprint density at radius 1 is 1.48 bits per heavy atom. The van der Waals surface area contributed by atoms with Crippen LogP contribution >= 0.6 is 0 Å². The lowest BCUT2D eigenvalue weighted by Gasteiger charge is -2.31. The molecule has 0 aromatic carbocycles. The number of nitrogens with zero attached hydrogens (tertiary/aromatic N) is 2. The predicted octanol–water partition coefficient (Wildman–Crippen LogP) is 2.46. The molecule has 122 valence electrons. The first-order valence-electron chi connectivity index (χ1n) is 7.41. The molecule has 23 heavy (non-hydrogen) atoms. The van der Waals surface area contributed by atoms with Crippen molar-refractivity contribution in [1.82, 2.24) is 9.88 Å². The molecule has 2 atom stereocenters. The maximum Gasteiger partial charge on any atom is 0.417 e. The number of hydrogen-bond acceptors (Lipinski definition) is 5. The average Bonchev–Trinajstić information content (AvgIpc) is 2.85. The molecule has 0 bridgehead atoms. The van der Waals surface area contributed by atoms with Gasteiger partial charge in [0, 0.05) is 30.8 Å². The van der Waals surface area contributed by atoms with E-state index < -0.39 is 23.6 Å². The van der Waals surface area contributed by atoms with Crippen LogP contribution < -0.4 is 0 Å².